The van der Waals surface area contributed by atoms with Gasteiger partial charge < -0.3 is 4.74 Å². The molecule has 2 aromatic carbocycles. The van der Waals surface area contributed by atoms with Crippen LogP contribution in [0.25, 0.3) is 0 Å². The molecule has 23 heavy (non-hydrogen) atoms. The van der Waals surface area contributed by atoms with Crippen LogP contribution in [0.2, 0.25) is 0 Å². The lowest BCUT2D eigenvalue weighted by atomic mass is 10.2. The molecule has 0 saturated heterocycles. The summed E-state index contributed by atoms with van der Waals surface area (Å²) in [5.74, 6) is -2.92. The Balaban J connectivity index is 2.47. The van der Waals surface area contributed by atoms with Crippen molar-refractivity contribution >= 4 is 37.6 Å². The number of carbonyl (C=O) groups excluding carboxylic acids is 1. The Morgan fingerprint density at radius 2 is 1.87 bits per heavy atom. The van der Waals surface area contributed by atoms with Gasteiger partial charge in [0.05, 0.1) is 18.4 Å². The van der Waals surface area contributed by atoms with Crippen LogP contribution in [0.3, 0.4) is 0 Å². The van der Waals surface area contributed by atoms with Crippen LogP contribution < -0.4 is 4.72 Å². The molecule has 0 heterocycles. The molecule has 5 nitrogen and oxygen atoms in total. The first-order valence-electron chi connectivity index (χ1n) is 6.10. The molecule has 122 valence electrons. The van der Waals surface area contributed by atoms with Crippen molar-refractivity contribution in [2.24, 2.45) is 0 Å². The number of ether oxygens (including phenoxy) is 1. The van der Waals surface area contributed by atoms with E-state index in [1.54, 1.807) is 0 Å². The van der Waals surface area contributed by atoms with E-state index in [0.29, 0.717) is 10.5 Å². The van der Waals surface area contributed by atoms with Crippen molar-refractivity contribution in [3.05, 3.63) is 58.1 Å². The lowest BCUT2D eigenvalue weighted by molar-refractivity contribution is 0.0602. The second-order valence-electron chi connectivity index (χ2n) is 4.36. The highest BCUT2D eigenvalue weighted by Crippen LogP contribution is 2.25. The molecule has 0 radical (unpaired) electrons. The van der Waals surface area contributed by atoms with Crippen molar-refractivity contribution in [3.63, 3.8) is 0 Å². The molecule has 0 amide bonds. The van der Waals surface area contributed by atoms with Crippen LogP contribution in [0, 0.1) is 11.6 Å². The average molecular weight is 406 g/mol. The zero-order chi connectivity index (χ0) is 17.2. The zero-order valence-electron chi connectivity index (χ0n) is 11.6. The van der Waals surface area contributed by atoms with E-state index in [2.05, 4.69) is 25.4 Å². The van der Waals surface area contributed by atoms with Gasteiger partial charge in [-0.25, -0.2) is 22.0 Å². The van der Waals surface area contributed by atoms with Gasteiger partial charge in [0.25, 0.3) is 10.0 Å². The summed E-state index contributed by atoms with van der Waals surface area (Å²) in [5, 5.41) is 0. The van der Waals surface area contributed by atoms with Gasteiger partial charge in [-0.1, -0.05) is 15.9 Å². The maximum atomic E-state index is 13.7. The lowest BCUT2D eigenvalue weighted by Gasteiger charge is -2.12. The second-order valence-corrected chi connectivity index (χ2v) is 6.93. The highest BCUT2D eigenvalue weighted by Gasteiger charge is 2.22. The lowest BCUT2D eigenvalue weighted by Crippen LogP contribution is -2.17. The van der Waals surface area contributed by atoms with Gasteiger partial charge in [0.2, 0.25) is 0 Å². The van der Waals surface area contributed by atoms with E-state index in [1.165, 1.54) is 18.2 Å². The Kier molecular flexibility index (Phi) is 5.00. The van der Waals surface area contributed by atoms with Gasteiger partial charge in [0.1, 0.15) is 16.5 Å². The molecular formula is C14H10BrF2NO4S. The topological polar surface area (TPSA) is 72.5 Å². The van der Waals surface area contributed by atoms with Crippen LogP contribution in [0.15, 0.2) is 45.8 Å². The quantitative estimate of drug-likeness (QED) is 0.791. The minimum Gasteiger partial charge on any atom is -0.465 e. The Morgan fingerprint density at radius 3 is 2.48 bits per heavy atom. The summed E-state index contributed by atoms with van der Waals surface area (Å²) >= 11 is 3.15. The Labute approximate surface area is 139 Å². The molecule has 0 unspecified atom stereocenters. The Morgan fingerprint density at radius 1 is 1.17 bits per heavy atom. The van der Waals surface area contributed by atoms with Gasteiger partial charge in [-0.2, -0.15) is 0 Å². The number of hydrogen-bond donors (Lipinski definition) is 1. The van der Waals surface area contributed by atoms with Gasteiger partial charge in [0.15, 0.2) is 0 Å². The van der Waals surface area contributed by atoms with Crippen LogP contribution in [0.5, 0.6) is 0 Å². The molecule has 1 N–H and O–H groups in total. The summed E-state index contributed by atoms with van der Waals surface area (Å²) in [6.45, 7) is 0. The van der Waals surface area contributed by atoms with Crippen LogP contribution >= 0.6 is 15.9 Å². The zero-order valence-corrected chi connectivity index (χ0v) is 14.0. The molecule has 0 atom stereocenters. The van der Waals surface area contributed by atoms with E-state index in [0.717, 1.165) is 19.2 Å². The first kappa shape index (κ1) is 17.4. The number of hydrogen-bond acceptors (Lipinski definition) is 4. The van der Waals surface area contributed by atoms with Crippen LogP contribution in [-0.4, -0.2) is 21.5 Å². The number of sulfonamides is 1. The van der Waals surface area contributed by atoms with Gasteiger partial charge in [-0.15, -0.1) is 0 Å². The molecule has 9 heteroatoms. The number of rotatable bonds is 4. The van der Waals surface area contributed by atoms with Crippen LogP contribution in [-0.2, 0) is 14.8 Å². The maximum Gasteiger partial charge on any atom is 0.340 e. The molecular weight excluding hydrogens is 396 g/mol. The minimum absolute atomic E-state index is 0.0621. The highest BCUT2D eigenvalue weighted by atomic mass is 79.9. The van der Waals surface area contributed by atoms with Crippen LogP contribution in [0.4, 0.5) is 14.5 Å². The number of benzene rings is 2. The smallest absolute Gasteiger partial charge is 0.340 e. The normalized spacial score (nSPS) is 11.1. The number of esters is 1. The van der Waals surface area contributed by atoms with E-state index in [4.69, 9.17) is 0 Å². The highest BCUT2D eigenvalue weighted by molar-refractivity contribution is 9.10. The van der Waals surface area contributed by atoms with Crippen LogP contribution in [0.1, 0.15) is 10.4 Å². The van der Waals surface area contributed by atoms with Crippen molar-refractivity contribution in [2.45, 2.75) is 4.90 Å². The number of methoxy groups -OCH3 is 1. The van der Waals surface area contributed by atoms with E-state index < -0.39 is 32.5 Å². The molecule has 0 saturated carbocycles. The van der Waals surface area contributed by atoms with Crippen molar-refractivity contribution in [3.8, 4) is 0 Å². The second kappa shape index (κ2) is 6.63. The molecule has 0 aliphatic carbocycles. The average Bonchev–Trinajstić information content (AvgIpc) is 2.47. The SMILES string of the molecule is COC(=O)c1cc(Br)ccc1NS(=O)(=O)c1ccc(F)cc1F. The van der Waals surface area contributed by atoms with Crippen molar-refractivity contribution < 1.29 is 26.7 Å². The van der Waals surface area contributed by atoms with Gasteiger partial charge in [0, 0.05) is 10.5 Å². The summed E-state index contributed by atoms with van der Waals surface area (Å²) < 4.78 is 58.3. The van der Waals surface area contributed by atoms with Gasteiger partial charge >= 0.3 is 5.97 Å². The van der Waals surface area contributed by atoms with E-state index in [9.17, 15) is 22.0 Å². The number of halogens is 3. The van der Waals surface area contributed by atoms with Gasteiger partial charge in [-0.3, -0.25) is 4.72 Å². The van der Waals surface area contributed by atoms with Crippen molar-refractivity contribution in [1.82, 2.24) is 0 Å². The third kappa shape index (κ3) is 3.85. The molecule has 2 rings (SSSR count). The van der Waals surface area contributed by atoms with E-state index in [1.807, 2.05) is 0 Å². The summed E-state index contributed by atoms with van der Waals surface area (Å²) in [7, 11) is -3.21. The van der Waals surface area contributed by atoms with Gasteiger partial charge in [-0.05, 0) is 30.3 Å². The van der Waals surface area contributed by atoms with Crippen molar-refractivity contribution in [1.29, 1.82) is 0 Å². The fourth-order valence-electron chi connectivity index (χ4n) is 1.78. The summed E-state index contributed by atoms with van der Waals surface area (Å²) in [6.07, 6.45) is 0. The molecule has 0 aromatic heterocycles. The number of anilines is 1. The Bertz CT molecular complexity index is 871. The largest absolute Gasteiger partial charge is 0.465 e. The molecule has 2 aromatic rings. The minimum atomic E-state index is -4.35. The molecule has 0 bridgehead atoms. The Hall–Kier alpha value is -2.00. The number of carbonyl (C=O) groups is 1. The third-order valence-corrected chi connectivity index (χ3v) is 4.71. The first-order chi connectivity index (χ1) is 10.7. The maximum absolute atomic E-state index is 13.7. The summed E-state index contributed by atoms with van der Waals surface area (Å²) in [4.78, 5) is 11.0. The molecule has 0 spiro atoms. The molecule has 0 aliphatic rings. The third-order valence-electron chi connectivity index (χ3n) is 2.81. The van der Waals surface area contributed by atoms with E-state index in [-0.39, 0.29) is 11.3 Å². The predicted octanol–water partition coefficient (Wildman–Crippen LogP) is 3.31. The predicted molar refractivity (Wildman–Crippen MR) is 82.6 cm³/mol. The fraction of sp³-hybridized carbons (Fsp3) is 0.0714. The van der Waals surface area contributed by atoms with Crippen molar-refractivity contribution in [2.75, 3.05) is 11.8 Å². The number of nitrogens with one attached hydrogen (secondary N) is 1. The fourth-order valence-corrected chi connectivity index (χ4v) is 3.28. The molecule has 0 aliphatic heterocycles. The molecule has 0 fully saturated rings. The summed E-state index contributed by atoms with van der Waals surface area (Å²) in [5.41, 5.74) is -0.156. The monoisotopic (exact) mass is 405 g/mol. The first-order valence-corrected chi connectivity index (χ1v) is 8.38. The standard InChI is InChI=1S/C14H10BrF2NO4S/c1-22-14(19)10-6-8(15)2-4-12(10)18-23(20,21)13-5-3-9(16)7-11(13)17/h2-7,18H,1H3. The summed E-state index contributed by atoms with van der Waals surface area (Å²) in [6, 6.07) is 6.23. The van der Waals surface area contributed by atoms with E-state index >= 15 is 0 Å².